The number of rotatable bonds is 13. The fraction of sp³-hybridized carbons (Fsp3) is 0.517. The summed E-state index contributed by atoms with van der Waals surface area (Å²) < 4.78 is 26.5. The number of nitrogens with one attached hydrogen (secondary N) is 1. The molecule has 204 valence electrons. The van der Waals surface area contributed by atoms with Gasteiger partial charge >= 0.3 is 0 Å². The molecule has 8 heteroatoms. The number of amides is 2. The molecule has 0 saturated carbocycles. The Balaban J connectivity index is 2.23. The minimum absolute atomic E-state index is 0.136. The molecule has 1 unspecified atom stereocenters. The van der Waals surface area contributed by atoms with E-state index < -0.39 is 16.1 Å². The number of benzene rings is 2. The van der Waals surface area contributed by atoms with Gasteiger partial charge in [0.2, 0.25) is 21.8 Å². The van der Waals surface area contributed by atoms with Gasteiger partial charge in [-0.1, -0.05) is 56.7 Å². The fourth-order valence-corrected chi connectivity index (χ4v) is 5.40. The minimum atomic E-state index is -3.53. The zero-order chi connectivity index (χ0) is 27.8. The van der Waals surface area contributed by atoms with E-state index in [1.54, 1.807) is 4.90 Å². The maximum absolute atomic E-state index is 13.5. The third kappa shape index (κ3) is 9.50. The van der Waals surface area contributed by atoms with Gasteiger partial charge in [0, 0.05) is 26.1 Å². The van der Waals surface area contributed by atoms with E-state index in [4.69, 9.17) is 0 Å². The smallest absolute Gasteiger partial charge is 0.242 e. The van der Waals surface area contributed by atoms with Gasteiger partial charge in [-0.15, -0.1) is 0 Å². The van der Waals surface area contributed by atoms with Crippen LogP contribution in [0, 0.1) is 26.7 Å². The van der Waals surface area contributed by atoms with Crippen molar-refractivity contribution in [3.63, 3.8) is 0 Å². The number of aryl methyl sites for hydroxylation is 3. The summed E-state index contributed by atoms with van der Waals surface area (Å²) in [5.74, 6) is -0.0262. The lowest BCUT2D eigenvalue weighted by atomic mass is 10.1. The summed E-state index contributed by atoms with van der Waals surface area (Å²) in [5, 5.41) is 2.97. The average molecular weight is 530 g/mol. The Morgan fingerprint density at radius 3 is 2.16 bits per heavy atom. The van der Waals surface area contributed by atoms with Crippen molar-refractivity contribution in [2.24, 2.45) is 5.92 Å². The quantitative estimate of drug-likeness (QED) is 0.406. The van der Waals surface area contributed by atoms with Crippen LogP contribution < -0.4 is 9.62 Å². The van der Waals surface area contributed by atoms with Gasteiger partial charge in [-0.25, -0.2) is 8.42 Å². The summed E-state index contributed by atoms with van der Waals surface area (Å²) in [7, 11) is -3.53. The lowest BCUT2D eigenvalue weighted by Gasteiger charge is -2.31. The Hall–Kier alpha value is -2.87. The number of anilines is 1. The predicted molar refractivity (Wildman–Crippen MR) is 151 cm³/mol. The first-order chi connectivity index (χ1) is 17.3. The van der Waals surface area contributed by atoms with Crippen LogP contribution in [0.1, 0.15) is 62.3 Å². The number of nitrogens with zero attached hydrogens (tertiary/aromatic N) is 2. The van der Waals surface area contributed by atoms with Crippen molar-refractivity contribution >= 4 is 27.5 Å². The van der Waals surface area contributed by atoms with E-state index in [1.165, 1.54) is 10.6 Å². The zero-order valence-corrected chi connectivity index (χ0v) is 24.2. The Bertz CT molecular complexity index is 1160. The van der Waals surface area contributed by atoms with Crippen LogP contribution in [0.25, 0.3) is 0 Å². The molecule has 0 heterocycles. The van der Waals surface area contributed by atoms with Crippen molar-refractivity contribution in [2.75, 3.05) is 23.7 Å². The molecule has 0 saturated heterocycles. The van der Waals surface area contributed by atoms with E-state index in [0.29, 0.717) is 37.5 Å². The van der Waals surface area contributed by atoms with Crippen LogP contribution in [-0.4, -0.2) is 50.5 Å². The van der Waals surface area contributed by atoms with Crippen LogP contribution in [0.4, 0.5) is 5.69 Å². The first-order valence-corrected chi connectivity index (χ1v) is 14.8. The van der Waals surface area contributed by atoms with Gasteiger partial charge in [0.15, 0.2) is 0 Å². The average Bonchev–Trinajstić information content (AvgIpc) is 2.78. The van der Waals surface area contributed by atoms with E-state index in [0.717, 1.165) is 22.3 Å². The van der Waals surface area contributed by atoms with Crippen LogP contribution in [0.15, 0.2) is 42.5 Å². The normalized spacial score (nSPS) is 12.3. The standard InChI is InChI=1S/C29H43N3O4S/c1-8-27(29(34)30-19-21(2)3)31(20-25-12-9-11-22(4)16-25)28(33)13-10-14-32(37(7,35)36)26-17-23(5)15-24(6)18-26/h9,11-12,15-18,21,27H,8,10,13-14,19-20H2,1-7H3,(H,30,34). The summed E-state index contributed by atoms with van der Waals surface area (Å²) in [4.78, 5) is 28.2. The summed E-state index contributed by atoms with van der Waals surface area (Å²) in [6, 6.07) is 13.0. The molecule has 0 fully saturated rings. The topological polar surface area (TPSA) is 86.8 Å². The first-order valence-electron chi connectivity index (χ1n) is 13.0. The van der Waals surface area contributed by atoms with Crippen LogP contribution in [0.3, 0.4) is 0 Å². The Labute approximate surface area is 223 Å². The van der Waals surface area contributed by atoms with Gasteiger partial charge in [-0.05, 0) is 68.4 Å². The van der Waals surface area contributed by atoms with Gasteiger partial charge in [0.05, 0.1) is 11.9 Å². The SMILES string of the molecule is CCC(C(=O)NCC(C)C)N(Cc1cccc(C)c1)C(=O)CCCN(c1cc(C)cc(C)c1)S(C)(=O)=O. The van der Waals surface area contributed by atoms with E-state index in [9.17, 15) is 18.0 Å². The van der Waals surface area contributed by atoms with E-state index in [1.807, 2.05) is 84.0 Å². The van der Waals surface area contributed by atoms with Crippen molar-refractivity contribution in [1.29, 1.82) is 0 Å². The van der Waals surface area contributed by atoms with Crippen LogP contribution >= 0.6 is 0 Å². The molecule has 0 radical (unpaired) electrons. The molecule has 2 aromatic rings. The molecule has 0 aliphatic carbocycles. The fourth-order valence-electron chi connectivity index (χ4n) is 4.45. The monoisotopic (exact) mass is 529 g/mol. The molecule has 0 spiro atoms. The molecule has 0 bridgehead atoms. The zero-order valence-electron chi connectivity index (χ0n) is 23.4. The molecule has 0 aliphatic rings. The Morgan fingerprint density at radius 1 is 0.973 bits per heavy atom. The second-order valence-electron chi connectivity index (χ2n) is 10.4. The molecule has 1 atom stereocenters. The number of carbonyl (C=O) groups is 2. The van der Waals surface area contributed by atoms with Crippen LogP contribution in [0.5, 0.6) is 0 Å². The van der Waals surface area contributed by atoms with Crippen molar-refractivity contribution in [3.05, 3.63) is 64.7 Å². The third-order valence-corrected chi connectivity index (χ3v) is 7.35. The van der Waals surface area contributed by atoms with Crippen molar-refractivity contribution in [2.45, 2.75) is 73.4 Å². The van der Waals surface area contributed by atoms with E-state index in [2.05, 4.69) is 5.32 Å². The predicted octanol–water partition coefficient (Wildman–Crippen LogP) is 4.74. The van der Waals surface area contributed by atoms with E-state index in [-0.39, 0.29) is 24.8 Å². The van der Waals surface area contributed by atoms with Crippen molar-refractivity contribution in [1.82, 2.24) is 10.2 Å². The molecule has 0 aromatic heterocycles. The summed E-state index contributed by atoms with van der Waals surface area (Å²) in [6.07, 6.45) is 2.14. The summed E-state index contributed by atoms with van der Waals surface area (Å²) in [5.41, 5.74) is 4.59. The highest BCUT2D eigenvalue weighted by atomic mass is 32.2. The second-order valence-corrected chi connectivity index (χ2v) is 12.3. The van der Waals surface area contributed by atoms with Crippen LogP contribution in [0.2, 0.25) is 0 Å². The van der Waals surface area contributed by atoms with Gasteiger partial charge in [-0.3, -0.25) is 13.9 Å². The molecule has 7 nitrogen and oxygen atoms in total. The Kier molecular flexibility index (Phi) is 11.2. The maximum atomic E-state index is 13.5. The highest BCUT2D eigenvalue weighted by Gasteiger charge is 2.29. The lowest BCUT2D eigenvalue weighted by Crippen LogP contribution is -2.49. The molecular formula is C29H43N3O4S. The highest BCUT2D eigenvalue weighted by molar-refractivity contribution is 7.92. The number of sulfonamides is 1. The third-order valence-electron chi connectivity index (χ3n) is 6.15. The van der Waals surface area contributed by atoms with Crippen molar-refractivity contribution < 1.29 is 18.0 Å². The lowest BCUT2D eigenvalue weighted by molar-refractivity contribution is -0.141. The van der Waals surface area contributed by atoms with Crippen LogP contribution in [-0.2, 0) is 26.2 Å². The number of carbonyl (C=O) groups excluding carboxylic acids is 2. The van der Waals surface area contributed by atoms with Gasteiger partial charge in [0.1, 0.15) is 6.04 Å². The summed E-state index contributed by atoms with van der Waals surface area (Å²) >= 11 is 0. The largest absolute Gasteiger partial charge is 0.354 e. The van der Waals surface area contributed by atoms with Gasteiger partial charge in [0.25, 0.3) is 0 Å². The second kappa shape index (κ2) is 13.6. The molecular weight excluding hydrogens is 486 g/mol. The van der Waals surface area contributed by atoms with Gasteiger partial charge < -0.3 is 10.2 Å². The van der Waals surface area contributed by atoms with E-state index >= 15 is 0 Å². The number of hydrogen-bond acceptors (Lipinski definition) is 4. The van der Waals surface area contributed by atoms with Gasteiger partial charge in [-0.2, -0.15) is 0 Å². The maximum Gasteiger partial charge on any atom is 0.242 e. The number of hydrogen-bond donors (Lipinski definition) is 1. The summed E-state index contributed by atoms with van der Waals surface area (Å²) in [6.45, 7) is 12.9. The molecule has 2 amide bonds. The Morgan fingerprint density at radius 2 is 1.62 bits per heavy atom. The molecule has 0 aliphatic heterocycles. The molecule has 2 rings (SSSR count). The first kappa shape index (κ1) is 30.4. The molecule has 37 heavy (non-hydrogen) atoms. The molecule has 1 N–H and O–H groups in total. The minimum Gasteiger partial charge on any atom is -0.354 e. The highest BCUT2D eigenvalue weighted by Crippen LogP contribution is 2.22. The molecule has 2 aromatic carbocycles. The van der Waals surface area contributed by atoms with Crippen molar-refractivity contribution in [3.8, 4) is 0 Å².